The van der Waals surface area contributed by atoms with Crippen LogP contribution in [0.3, 0.4) is 0 Å². The minimum atomic E-state index is -3.70. The van der Waals surface area contributed by atoms with E-state index in [2.05, 4.69) is 10.6 Å². The molecule has 7 nitrogen and oxygen atoms in total. The van der Waals surface area contributed by atoms with Gasteiger partial charge in [0.25, 0.3) is 0 Å². The average molecular weight is 510 g/mol. The molecule has 3 aromatic carbocycles. The smallest absolute Gasteiger partial charge is 0.315 e. The molecule has 1 heterocycles. The Morgan fingerprint density at radius 3 is 2.31 bits per heavy atom. The maximum atomic E-state index is 13.4. The van der Waals surface area contributed by atoms with E-state index in [-0.39, 0.29) is 23.0 Å². The topological polar surface area (TPSA) is 89.4 Å². The highest BCUT2D eigenvalue weighted by Gasteiger charge is 2.25. The van der Waals surface area contributed by atoms with Gasteiger partial charge in [0.1, 0.15) is 11.6 Å². The number of urea groups is 1. The van der Waals surface area contributed by atoms with Crippen molar-refractivity contribution in [2.75, 3.05) is 19.4 Å². The van der Waals surface area contributed by atoms with Gasteiger partial charge in [0.05, 0.1) is 17.8 Å². The summed E-state index contributed by atoms with van der Waals surface area (Å²) in [6.07, 6.45) is 0. The zero-order chi connectivity index (χ0) is 25.7. The molecule has 0 radical (unpaired) electrons. The summed E-state index contributed by atoms with van der Waals surface area (Å²) in [6, 6.07) is 20.3. The van der Waals surface area contributed by atoms with Gasteiger partial charge in [-0.25, -0.2) is 17.6 Å². The van der Waals surface area contributed by atoms with Crippen LogP contribution >= 0.6 is 0 Å². The van der Waals surface area contributed by atoms with Gasteiger partial charge in [-0.15, -0.1) is 0 Å². The number of aromatic nitrogens is 1. The van der Waals surface area contributed by atoms with Crippen LogP contribution in [-0.2, 0) is 22.9 Å². The molecule has 2 N–H and O–H groups in total. The summed E-state index contributed by atoms with van der Waals surface area (Å²) in [5, 5.41) is 5.97. The van der Waals surface area contributed by atoms with Crippen molar-refractivity contribution < 1.29 is 22.3 Å². The number of amides is 2. The Morgan fingerprint density at radius 2 is 1.61 bits per heavy atom. The van der Waals surface area contributed by atoms with Gasteiger partial charge in [-0.05, 0) is 48.4 Å². The van der Waals surface area contributed by atoms with Gasteiger partial charge in [-0.2, -0.15) is 0 Å². The second-order valence-electron chi connectivity index (χ2n) is 8.42. The van der Waals surface area contributed by atoms with E-state index in [1.54, 1.807) is 50.4 Å². The Hall–Kier alpha value is -3.85. The van der Waals surface area contributed by atoms with Gasteiger partial charge in [0.15, 0.2) is 9.84 Å². The van der Waals surface area contributed by atoms with Crippen LogP contribution in [0, 0.1) is 12.7 Å². The number of rotatable bonds is 9. The first-order valence-corrected chi connectivity index (χ1v) is 13.1. The summed E-state index contributed by atoms with van der Waals surface area (Å²) in [5.41, 5.74) is 3.13. The fourth-order valence-electron chi connectivity index (χ4n) is 4.16. The van der Waals surface area contributed by atoms with Gasteiger partial charge in [0, 0.05) is 36.2 Å². The number of hydrogen-bond acceptors (Lipinski definition) is 4. The van der Waals surface area contributed by atoms with Crippen molar-refractivity contribution >= 4 is 26.8 Å². The molecular weight excluding hydrogens is 481 g/mol. The van der Waals surface area contributed by atoms with Crippen LogP contribution in [0.4, 0.5) is 9.18 Å². The molecule has 0 fully saturated rings. The molecule has 0 aliphatic heterocycles. The maximum Gasteiger partial charge on any atom is 0.315 e. The van der Waals surface area contributed by atoms with Crippen LogP contribution in [0.2, 0.25) is 0 Å². The third kappa shape index (κ3) is 5.68. The van der Waals surface area contributed by atoms with Crippen molar-refractivity contribution in [1.29, 1.82) is 0 Å². The summed E-state index contributed by atoms with van der Waals surface area (Å²) >= 11 is 0. The SMILES string of the molecule is COc1ccc(CNC(=O)NCCS(=O)(=O)c2c(C)n(Cc3ccc(F)cc3)c3ccccc23)cc1. The highest BCUT2D eigenvalue weighted by molar-refractivity contribution is 7.91. The number of methoxy groups -OCH3 is 1. The summed E-state index contributed by atoms with van der Waals surface area (Å²) in [6.45, 7) is 2.45. The van der Waals surface area contributed by atoms with Crippen molar-refractivity contribution in [3.8, 4) is 5.75 Å². The molecule has 0 saturated carbocycles. The van der Waals surface area contributed by atoms with E-state index in [4.69, 9.17) is 4.74 Å². The minimum Gasteiger partial charge on any atom is -0.497 e. The van der Waals surface area contributed by atoms with E-state index in [1.165, 1.54) is 12.1 Å². The van der Waals surface area contributed by atoms with Gasteiger partial charge in [0.2, 0.25) is 0 Å². The molecule has 4 aromatic rings. The first-order valence-electron chi connectivity index (χ1n) is 11.5. The van der Waals surface area contributed by atoms with Crippen molar-refractivity contribution in [3.05, 3.63) is 95.4 Å². The molecule has 9 heteroatoms. The zero-order valence-corrected chi connectivity index (χ0v) is 20.9. The molecule has 2 amide bonds. The van der Waals surface area contributed by atoms with Crippen LogP contribution in [0.1, 0.15) is 16.8 Å². The minimum absolute atomic E-state index is 0.0340. The summed E-state index contributed by atoms with van der Waals surface area (Å²) < 4.78 is 47.1. The zero-order valence-electron chi connectivity index (χ0n) is 20.1. The standard InChI is InChI=1S/C27H28FN3O4S/c1-19-26(24-5-3-4-6-25(24)31(19)18-21-7-11-22(28)12-8-21)36(33,34)16-15-29-27(32)30-17-20-9-13-23(35-2)14-10-20/h3-14H,15-18H2,1-2H3,(H2,29,30,32). The largest absolute Gasteiger partial charge is 0.497 e. The highest BCUT2D eigenvalue weighted by atomic mass is 32.2. The molecule has 0 aliphatic carbocycles. The Morgan fingerprint density at radius 1 is 0.944 bits per heavy atom. The predicted molar refractivity (Wildman–Crippen MR) is 137 cm³/mol. The second-order valence-corrected chi connectivity index (χ2v) is 10.5. The van der Waals surface area contributed by atoms with E-state index >= 15 is 0 Å². The lowest BCUT2D eigenvalue weighted by Gasteiger charge is -2.10. The Labute approximate surface area is 209 Å². The van der Waals surface area contributed by atoms with Gasteiger partial charge in [-0.1, -0.05) is 42.5 Å². The van der Waals surface area contributed by atoms with Gasteiger partial charge < -0.3 is 19.9 Å². The molecular formula is C27H28FN3O4S. The summed E-state index contributed by atoms with van der Waals surface area (Å²) in [7, 11) is -2.12. The Balaban J connectivity index is 1.44. The van der Waals surface area contributed by atoms with Gasteiger partial charge >= 0.3 is 6.03 Å². The maximum absolute atomic E-state index is 13.4. The van der Waals surface area contributed by atoms with E-state index < -0.39 is 15.9 Å². The number of halogens is 1. The first-order chi connectivity index (χ1) is 17.3. The molecule has 0 atom stereocenters. The third-order valence-electron chi connectivity index (χ3n) is 6.01. The number of benzene rings is 3. The molecule has 0 aliphatic rings. The van der Waals surface area contributed by atoms with Crippen molar-refractivity contribution in [2.45, 2.75) is 24.9 Å². The number of para-hydroxylation sites is 1. The number of nitrogens with one attached hydrogen (secondary N) is 2. The summed E-state index contributed by atoms with van der Waals surface area (Å²) in [5.74, 6) is 0.160. The van der Waals surface area contributed by atoms with Crippen LogP contribution in [0.25, 0.3) is 10.9 Å². The molecule has 1 aromatic heterocycles. The second kappa shape index (κ2) is 10.8. The van der Waals surface area contributed by atoms with Gasteiger partial charge in [-0.3, -0.25) is 0 Å². The van der Waals surface area contributed by atoms with E-state index in [1.807, 2.05) is 28.8 Å². The number of sulfone groups is 1. The fourth-order valence-corrected chi connectivity index (χ4v) is 5.80. The van der Waals surface area contributed by atoms with E-state index in [9.17, 15) is 17.6 Å². The lowest BCUT2D eigenvalue weighted by Crippen LogP contribution is -2.37. The number of carbonyl (C=O) groups is 1. The summed E-state index contributed by atoms with van der Waals surface area (Å²) in [4.78, 5) is 12.5. The number of ether oxygens (including phenoxy) is 1. The molecule has 0 bridgehead atoms. The normalized spacial score (nSPS) is 11.4. The van der Waals surface area contributed by atoms with Crippen molar-refractivity contribution in [2.24, 2.45) is 0 Å². The fraction of sp³-hybridized carbons (Fsp3) is 0.222. The van der Waals surface area contributed by atoms with Crippen LogP contribution in [0.15, 0.2) is 77.7 Å². The highest BCUT2D eigenvalue weighted by Crippen LogP contribution is 2.31. The Kier molecular flexibility index (Phi) is 7.59. The number of hydrogen-bond donors (Lipinski definition) is 2. The number of nitrogens with zero attached hydrogens (tertiary/aromatic N) is 1. The quantitative estimate of drug-likeness (QED) is 0.350. The Bertz CT molecular complexity index is 1460. The van der Waals surface area contributed by atoms with Crippen LogP contribution in [-0.4, -0.2) is 38.4 Å². The molecule has 0 unspecified atom stereocenters. The molecule has 188 valence electrons. The van der Waals surface area contributed by atoms with Crippen molar-refractivity contribution in [3.63, 3.8) is 0 Å². The lowest BCUT2D eigenvalue weighted by molar-refractivity contribution is 0.241. The van der Waals surface area contributed by atoms with Crippen molar-refractivity contribution in [1.82, 2.24) is 15.2 Å². The lowest BCUT2D eigenvalue weighted by atomic mass is 10.2. The van der Waals surface area contributed by atoms with Crippen LogP contribution < -0.4 is 15.4 Å². The predicted octanol–water partition coefficient (Wildman–Crippen LogP) is 4.42. The molecule has 36 heavy (non-hydrogen) atoms. The van der Waals surface area contributed by atoms with Crippen LogP contribution in [0.5, 0.6) is 5.75 Å². The number of carbonyl (C=O) groups excluding carboxylic acids is 1. The number of fused-ring (bicyclic) bond motifs is 1. The average Bonchev–Trinajstić information content (AvgIpc) is 3.16. The third-order valence-corrected chi connectivity index (χ3v) is 7.89. The van der Waals surface area contributed by atoms with E-state index in [0.717, 1.165) is 22.4 Å². The molecule has 4 rings (SSSR count). The van der Waals surface area contributed by atoms with E-state index in [0.29, 0.717) is 24.2 Å². The first kappa shape index (κ1) is 25.2. The molecule has 0 spiro atoms. The molecule has 0 saturated heterocycles. The monoisotopic (exact) mass is 509 g/mol.